The minimum Gasteiger partial charge on any atom is -0.495 e. The van der Waals surface area contributed by atoms with E-state index in [-0.39, 0.29) is 28.3 Å². The van der Waals surface area contributed by atoms with Crippen LogP contribution < -0.4 is 14.8 Å². The molecular weight excluding hydrogens is 375 g/mol. The Morgan fingerprint density at radius 3 is 2.41 bits per heavy atom. The minimum atomic E-state index is -3.55. The highest BCUT2D eigenvalue weighted by atomic mass is 32.2. The van der Waals surface area contributed by atoms with Gasteiger partial charge < -0.3 is 14.5 Å². The molecule has 3 rings (SSSR count). The van der Waals surface area contributed by atoms with E-state index < -0.39 is 21.7 Å². The fourth-order valence-corrected chi connectivity index (χ4v) is 3.29. The van der Waals surface area contributed by atoms with Crippen LogP contribution in [-0.2, 0) is 10.0 Å². The topological polar surface area (TPSA) is 97.6 Å². The normalized spacial score (nSPS) is 11.4. The van der Waals surface area contributed by atoms with Gasteiger partial charge in [-0.2, -0.15) is 0 Å². The molecule has 1 heterocycles. The lowest BCUT2D eigenvalue weighted by atomic mass is 10.0. The van der Waals surface area contributed by atoms with Crippen LogP contribution in [-0.4, -0.2) is 34.7 Å². The van der Waals surface area contributed by atoms with Gasteiger partial charge in [-0.05, 0) is 30.3 Å². The Bertz CT molecular complexity index is 1120. The molecule has 1 aromatic heterocycles. The lowest BCUT2D eigenvalue weighted by molar-refractivity contribution is 0.0964. The van der Waals surface area contributed by atoms with E-state index in [1.165, 1.54) is 50.6 Å². The fraction of sp³-hybridized carbons (Fsp3) is 0.167. The molecule has 0 saturated heterocycles. The summed E-state index contributed by atoms with van der Waals surface area (Å²) in [4.78, 5) is 12.5. The number of methoxy groups -OCH3 is 1. The van der Waals surface area contributed by atoms with E-state index in [4.69, 9.17) is 9.15 Å². The summed E-state index contributed by atoms with van der Waals surface area (Å²) in [6, 6.07) is 8.46. The number of anilines is 1. The first-order valence-electron chi connectivity index (χ1n) is 7.84. The van der Waals surface area contributed by atoms with Crippen molar-refractivity contribution < 1.29 is 26.8 Å². The molecule has 2 N–H and O–H groups in total. The molecule has 7 nitrogen and oxygen atoms in total. The Kier molecular flexibility index (Phi) is 4.79. The molecule has 0 radical (unpaired) electrons. The second-order valence-electron chi connectivity index (χ2n) is 5.82. The van der Waals surface area contributed by atoms with Gasteiger partial charge in [0, 0.05) is 24.1 Å². The number of carbonyl (C=O) groups is 1. The van der Waals surface area contributed by atoms with E-state index in [0.717, 1.165) is 6.26 Å². The van der Waals surface area contributed by atoms with E-state index in [0.29, 0.717) is 10.9 Å². The van der Waals surface area contributed by atoms with Crippen LogP contribution in [0.2, 0.25) is 0 Å². The smallest absolute Gasteiger partial charge is 0.255 e. The number of hydrogen-bond acceptors (Lipinski definition) is 5. The molecule has 0 aliphatic rings. The number of sulfonamides is 1. The largest absolute Gasteiger partial charge is 0.495 e. The van der Waals surface area contributed by atoms with Gasteiger partial charge in [-0.3, -0.25) is 9.52 Å². The first kappa shape index (κ1) is 18.7. The van der Waals surface area contributed by atoms with Crippen molar-refractivity contribution in [2.24, 2.45) is 0 Å². The van der Waals surface area contributed by atoms with Gasteiger partial charge in [-0.1, -0.05) is 0 Å². The quantitative estimate of drug-likeness (QED) is 0.696. The number of fused-ring (bicyclic) bond motifs is 1. The molecule has 0 aliphatic carbocycles. The molecule has 1 amide bonds. The van der Waals surface area contributed by atoms with Crippen molar-refractivity contribution in [1.82, 2.24) is 5.32 Å². The Labute approximate surface area is 155 Å². The van der Waals surface area contributed by atoms with E-state index in [9.17, 15) is 17.6 Å². The summed E-state index contributed by atoms with van der Waals surface area (Å²) in [6.07, 6.45) is 1.01. The summed E-state index contributed by atoms with van der Waals surface area (Å²) in [5.74, 6) is -0.357. The van der Waals surface area contributed by atoms with Gasteiger partial charge >= 0.3 is 0 Å². The van der Waals surface area contributed by atoms with Gasteiger partial charge in [0.05, 0.1) is 24.6 Å². The maximum atomic E-state index is 13.2. The standard InChI is InChI=1S/C18H17FN2O5S/c1-20-18(22)16-12-8-15(25-2)13(21-27(3,23)24)9-14(12)26-17(16)10-4-6-11(19)7-5-10/h4-9,21H,1-3H3,(H,20,22). The van der Waals surface area contributed by atoms with Crippen LogP contribution >= 0.6 is 0 Å². The highest BCUT2D eigenvalue weighted by molar-refractivity contribution is 7.92. The molecule has 0 bridgehead atoms. The Morgan fingerprint density at radius 1 is 1.19 bits per heavy atom. The summed E-state index contributed by atoms with van der Waals surface area (Å²) in [6.45, 7) is 0. The van der Waals surface area contributed by atoms with Crippen LogP contribution in [0.1, 0.15) is 10.4 Å². The SMILES string of the molecule is CNC(=O)c1c(-c2ccc(F)cc2)oc2cc(NS(C)(=O)=O)c(OC)cc12. The zero-order valence-corrected chi connectivity index (χ0v) is 15.6. The van der Waals surface area contributed by atoms with Crippen LogP contribution in [0.25, 0.3) is 22.3 Å². The molecule has 0 fully saturated rings. The predicted molar refractivity (Wildman–Crippen MR) is 100 cm³/mol. The van der Waals surface area contributed by atoms with Crippen LogP contribution in [0.5, 0.6) is 5.75 Å². The van der Waals surface area contributed by atoms with Crippen molar-refractivity contribution in [1.29, 1.82) is 0 Å². The molecule has 2 aromatic carbocycles. The summed E-state index contributed by atoms with van der Waals surface area (Å²) in [7, 11) is -0.690. The molecule has 0 atom stereocenters. The molecule has 3 aromatic rings. The average Bonchev–Trinajstić information content (AvgIpc) is 2.97. The third-order valence-electron chi connectivity index (χ3n) is 3.87. The molecule has 142 valence electrons. The van der Waals surface area contributed by atoms with Crippen molar-refractivity contribution in [2.75, 3.05) is 25.1 Å². The zero-order chi connectivity index (χ0) is 19.8. The molecule has 0 unspecified atom stereocenters. The molecule has 0 saturated carbocycles. The third-order valence-corrected chi connectivity index (χ3v) is 4.46. The van der Waals surface area contributed by atoms with Gasteiger partial charge in [0.15, 0.2) is 0 Å². The van der Waals surface area contributed by atoms with E-state index in [1.807, 2.05) is 0 Å². The number of carbonyl (C=O) groups excluding carboxylic acids is 1. The number of furan rings is 1. The van der Waals surface area contributed by atoms with Crippen LogP contribution in [0, 0.1) is 5.82 Å². The summed E-state index contributed by atoms with van der Waals surface area (Å²) in [5, 5.41) is 2.98. The van der Waals surface area contributed by atoms with Crippen LogP contribution in [0.3, 0.4) is 0 Å². The molecule has 9 heteroatoms. The molecule has 27 heavy (non-hydrogen) atoms. The minimum absolute atomic E-state index is 0.176. The monoisotopic (exact) mass is 392 g/mol. The third kappa shape index (κ3) is 3.72. The van der Waals surface area contributed by atoms with Crippen molar-refractivity contribution in [3.63, 3.8) is 0 Å². The molecular formula is C18H17FN2O5S. The lowest BCUT2D eigenvalue weighted by Crippen LogP contribution is -2.18. The van der Waals surface area contributed by atoms with E-state index in [2.05, 4.69) is 10.0 Å². The van der Waals surface area contributed by atoms with Crippen molar-refractivity contribution in [2.45, 2.75) is 0 Å². The fourth-order valence-electron chi connectivity index (χ4n) is 2.73. The van der Waals surface area contributed by atoms with Gasteiger partial charge in [-0.15, -0.1) is 0 Å². The number of amides is 1. The number of halogens is 1. The first-order chi connectivity index (χ1) is 12.7. The number of nitrogens with one attached hydrogen (secondary N) is 2. The van der Waals surface area contributed by atoms with Crippen LogP contribution in [0.15, 0.2) is 40.8 Å². The Morgan fingerprint density at radius 2 is 1.85 bits per heavy atom. The number of hydrogen-bond donors (Lipinski definition) is 2. The van der Waals surface area contributed by atoms with Crippen LogP contribution in [0.4, 0.5) is 10.1 Å². The maximum Gasteiger partial charge on any atom is 0.255 e. The zero-order valence-electron chi connectivity index (χ0n) is 14.8. The van der Waals surface area contributed by atoms with E-state index >= 15 is 0 Å². The Hall–Kier alpha value is -3.07. The highest BCUT2D eigenvalue weighted by Gasteiger charge is 2.24. The summed E-state index contributed by atoms with van der Waals surface area (Å²) in [5.41, 5.74) is 1.20. The summed E-state index contributed by atoms with van der Waals surface area (Å²) >= 11 is 0. The van der Waals surface area contributed by atoms with Gasteiger partial charge in [0.2, 0.25) is 10.0 Å². The lowest BCUT2D eigenvalue weighted by Gasteiger charge is -2.09. The van der Waals surface area contributed by atoms with Crippen molar-refractivity contribution in [3.05, 3.63) is 47.8 Å². The average molecular weight is 392 g/mol. The maximum absolute atomic E-state index is 13.2. The first-order valence-corrected chi connectivity index (χ1v) is 9.73. The van der Waals surface area contributed by atoms with E-state index in [1.54, 1.807) is 0 Å². The molecule has 0 spiro atoms. The van der Waals surface area contributed by atoms with Gasteiger partial charge in [0.1, 0.15) is 22.9 Å². The van der Waals surface area contributed by atoms with Crippen molar-refractivity contribution >= 4 is 32.6 Å². The van der Waals surface area contributed by atoms with Crippen molar-refractivity contribution in [3.8, 4) is 17.1 Å². The Balaban J connectivity index is 2.30. The highest BCUT2D eigenvalue weighted by Crippen LogP contribution is 2.39. The predicted octanol–water partition coefficient (Wildman–Crippen LogP) is 2.98. The summed E-state index contributed by atoms with van der Waals surface area (Å²) < 4.78 is 49.9. The second kappa shape index (κ2) is 6.92. The molecule has 0 aliphatic heterocycles. The number of ether oxygens (including phenoxy) is 1. The van der Waals surface area contributed by atoms with Gasteiger partial charge in [-0.25, -0.2) is 12.8 Å². The second-order valence-corrected chi connectivity index (χ2v) is 7.56. The van der Waals surface area contributed by atoms with Gasteiger partial charge in [0.25, 0.3) is 5.91 Å². The number of rotatable bonds is 5. The number of benzene rings is 2.